The van der Waals surface area contributed by atoms with Crippen LogP contribution in [0.1, 0.15) is 0 Å². The Morgan fingerprint density at radius 1 is 1.50 bits per heavy atom. The van der Waals surface area contributed by atoms with Crippen LogP contribution in [0.4, 0.5) is 13.2 Å². The van der Waals surface area contributed by atoms with Crippen molar-refractivity contribution >= 4 is 11.9 Å². The van der Waals surface area contributed by atoms with Crippen molar-refractivity contribution < 1.29 is 32.6 Å². The first kappa shape index (κ1) is 12.7. The molecule has 1 saturated heterocycles. The Labute approximate surface area is 76.8 Å². The summed E-state index contributed by atoms with van der Waals surface area (Å²) < 4.78 is 36.1. The van der Waals surface area contributed by atoms with Crippen LogP contribution in [-0.2, 0) is 14.3 Å². The molecule has 0 radical (unpaired) electrons. The molecule has 14 heavy (non-hydrogen) atoms. The van der Waals surface area contributed by atoms with E-state index >= 15 is 0 Å². The zero-order chi connectivity index (χ0) is 11.4. The zero-order valence-electron chi connectivity index (χ0n) is 7.09. The Bertz CT molecular complexity index is 222. The van der Waals surface area contributed by atoms with E-state index in [0.29, 0.717) is 0 Å². The van der Waals surface area contributed by atoms with E-state index in [1.807, 2.05) is 0 Å². The van der Waals surface area contributed by atoms with E-state index < -0.39 is 12.1 Å². The van der Waals surface area contributed by atoms with Gasteiger partial charge in [0.1, 0.15) is 6.04 Å². The molecule has 0 saturated carbocycles. The number of ether oxygens (including phenoxy) is 1. The quantitative estimate of drug-likeness (QED) is 0.466. The van der Waals surface area contributed by atoms with Crippen LogP contribution >= 0.6 is 0 Å². The molecule has 1 aliphatic heterocycles. The van der Waals surface area contributed by atoms with Crippen molar-refractivity contribution in [1.29, 1.82) is 0 Å². The molecule has 2 N–H and O–H groups in total. The molecule has 0 aromatic rings. The Balaban J connectivity index is 0.000000241. The fourth-order valence-corrected chi connectivity index (χ4v) is 0.368. The Morgan fingerprint density at radius 2 is 1.86 bits per heavy atom. The average molecular weight is 215 g/mol. The second kappa shape index (κ2) is 4.80. The van der Waals surface area contributed by atoms with Gasteiger partial charge in [0.2, 0.25) is 0 Å². The molecule has 0 aromatic carbocycles. The van der Waals surface area contributed by atoms with Gasteiger partial charge in [-0.3, -0.25) is 4.79 Å². The molecular formula is C6H8F3NO4. The maximum absolute atomic E-state index is 10.6. The predicted octanol–water partition coefficient (Wildman–Crippen LogP) is -0.236. The van der Waals surface area contributed by atoms with E-state index in [-0.39, 0.29) is 12.0 Å². The van der Waals surface area contributed by atoms with Crippen LogP contribution in [0.15, 0.2) is 0 Å². The molecule has 1 unspecified atom stereocenters. The van der Waals surface area contributed by atoms with Crippen LogP contribution in [0.2, 0.25) is 0 Å². The predicted molar refractivity (Wildman–Crippen MR) is 37.5 cm³/mol. The fraction of sp³-hybridized carbons (Fsp3) is 0.667. The molecule has 0 aromatic heterocycles. The highest BCUT2D eigenvalue weighted by molar-refractivity contribution is 5.78. The van der Waals surface area contributed by atoms with Gasteiger partial charge in [-0.1, -0.05) is 0 Å². The van der Waals surface area contributed by atoms with Crippen molar-refractivity contribution in [2.24, 2.45) is 0 Å². The number of esters is 1. The van der Waals surface area contributed by atoms with Crippen molar-refractivity contribution in [3.8, 4) is 0 Å². The molecule has 1 fully saturated rings. The molecule has 1 rings (SSSR count). The first-order chi connectivity index (χ1) is 6.29. The van der Waals surface area contributed by atoms with E-state index in [4.69, 9.17) is 9.90 Å². The van der Waals surface area contributed by atoms with Gasteiger partial charge in [0, 0.05) is 6.54 Å². The van der Waals surface area contributed by atoms with Crippen molar-refractivity contribution in [2.75, 3.05) is 13.7 Å². The minimum absolute atomic E-state index is 0.00463. The highest BCUT2D eigenvalue weighted by atomic mass is 19.4. The monoisotopic (exact) mass is 215 g/mol. The van der Waals surface area contributed by atoms with Crippen LogP contribution < -0.4 is 5.32 Å². The van der Waals surface area contributed by atoms with Gasteiger partial charge < -0.3 is 15.2 Å². The van der Waals surface area contributed by atoms with Crippen LogP contribution in [0.3, 0.4) is 0 Å². The van der Waals surface area contributed by atoms with Crippen molar-refractivity contribution in [2.45, 2.75) is 12.2 Å². The summed E-state index contributed by atoms with van der Waals surface area (Å²) in [5.41, 5.74) is 0. The second-order valence-electron chi connectivity index (χ2n) is 2.29. The lowest BCUT2D eigenvalue weighted by Gasteiger charge is -1.93. The SMILES string of the molecule is COC(=O)C1CN1.O=C(O)C(F)(F)F. The molecule has 0 amide bonds. The number of alkyl halides is 3. The largest absolute Gasteiger partial charge is 0.490 e. The highest BCUT2D eigenvalue weighted by Crippen LogP contribution is 2.13. The molecule has 1 aliphatic rings. The Kier molecular flexibility index (Phi) is 4.35. The number of carboxylic acid groups (broad SMARTS) is 1. The van der Waals surface area contributed by atoms with Crippen LogP contribution in [0, 0.1) is 0 Å². The van der Waals surface area contributed by atoms with Gasteiger partial charge in [-0.25, -0.2) is 4.79 Å². The zero-order valence-corrected chi connectivity index (χ0v) is 7.09. The van der Waals surface area contributed by atoms with Gasteiger partial charge in [0.15, 0.2) is 0 Å². The van der Waals surface area contributed by atoms with E-state index in [1.54, 1.807) is 0 Å². The summed E-state index contributed by atoms with van der Waals surface area (Å²) in [4.78, 5) is 19.2. The van der Waals surface area contributed by atoms with E-state index in [1.165, 1.54) is 7.11 Å². The number of nitrogens with one attached hydrogen (secondary N) is 1. The number of hydrogen-bond acceptors (Lipinski definition) is 4. The number of carbonyl (C=O) groups is 2. The van der Waals surface area contributed by atoms with E-state index in [9.17, 15) is 18.0 Å². The van der Waals surface area contributed by atoms with Gasteiger partial charge >= 0.3 is 18.1 Å². The van der Waals surface area contributed by atoms with Crippen LogP contribution in [0.5, 0.6) is 0 Å². The van der Waals surface area contributed by atoms with Gasteiger partial charge in [-0.2, -0.15) is 13.2 Å². The topological polar surface area (TPSA) is 85.5 Å². The highest BCUT2D eigenvalue weighted by Gasteiger charge is 2.38. The molecule has 82 valence electrons. The lowest BCUT2D eigenvalue weighted by molar-refractivity contribution is -0.192. The molecule has 5 nitrogen and oxygen atoms in total. The van der Waals surface area contributed by atoms with Crippen molar-refractivity contribution in [1.82, 2.24) is 5.32 Å². The lowest BCUT2D eigenvalue weighted by Crippen LogP contribution is -2.21. The van der Waals surface area contributed by atoms with Crippen molar-refractivity contribution in [3.05, 3.63) is 0 Å². The maximum Gasteiger partial charge on any atom is 0.490 e. The smallest absolute Gasteiger partial charge is 0.475 e. The summed E-state index contributed by atoms with van der Waals surface area (Å²) in [6.07, 6.45) is -5.08. The fourth-order valence-electron chi connectivity index (χ4n) is 0.368. The molecule has 0 spiro atoms. The Hall–Kier alpha value is -1.31. The summed E-state index contributed by atoms with van der Waals surface area (Å²) in [7, 11) is 1.39. The minimum Gasteiger partial charge on any atom is -0.475 e. The summed E-state index contributed by atoms with van der Waals surface area (Å²) in [6.45, 7) is 0.784. The number of rotatable bonds is 1. The van der Waals surface area contributed by atoms with E-state index in [0.717, 1.165) is 6.54 Å². The number of halogens is 3. The number of aliphatic carboxylic acids is 1. The molecule has 8 heteroatoms. The van der Waals surface area contributed by atoms with Gasteiger partial charge in [0.05, 0.1) is 7.11 Å². The van der Waals surface area contributed by atoms with Gasteiger partial charge in [-0.05, 0) is 0 Å². The minimum atomic E-state index is -5.08. The Morgan fingerprint density at radius 3 is 1.93 bits per heavy atom. The van der Waals surface area contributed by atoms with Crippen LogP contribution in [0.25, 0.3) is 0 Å². The molecule has 0 aliphatic carbocycles. The van der Waals surface area contributed by atoms with Gasteiger partial charge in [-0.15, -0.1) is 0 Å². The number of carbonyl (C=O) groups excluding carboxylic acids is 1. The summed E-state index contributed by atoms with van der Waals surface area (Å²) in [6, 6.07) is 0.00463. The number of methoxy groups -OCH3 is 1. The average Bonchev–Trinajstić information content (AvgIpc) is 2.84. The third kappa shape index (κ3) is 5.36. The second-order valence-corrected chi connectivity index (χ2v) is 2.29. The number of hydrogen-bond donors (Lipinski definition) is 2. The molecule has 0 bridgehead atoms. The third-order valence-corrected chi connectivity index (χ3v) is 1.14. The first-order valence-electron chi connectivity index (χ1n) is 3.40. The van der Waals surface area contributed by atoms with Crippen LogP contribution in [-0.4, -0.2) is 42.9 Å². The summed E-state index contributed by atoms with van der Waals surface area (Å²) in [5, 5.41) is 9.94. The lowest BCUT2D eigenvalue weighted by atomic mass is 10.5. The molecule has 1 heterocycles. The van der Waals surface area contributed by atoms with Gasteiger partial charge in [0.25, 0.3) is 0 Å². The summed E-state index contributed by atoms with van der Waals surface area (Å²) in [5.74, 6) is -2.91. The molecular weight excluding hydrogens is 207 g/mol. The standard InChI is InChI=1S/C4H7NO2.C2HF3O2/c1-7-4(6)3-2-5-3;3-2(4,5)1(6)7/h3,5H,2H2,1H3;(H,6,7). The molecule has 1 atom stereocenters. The first-order valence-corrected chi connectivity index (χ1v) is 3.40. The number of carboxylic acids is 1. The normalized spacial score (nSPS) is 19.0. The van der Waals surface area contributed by atoms with E-state index in [2.05, 4.69) is 10.1 Å². The maximum atomic E-state index is 10.6. The third-order valence-electron chi connectivity index (χ3n) is 1.14. The summed E-state index contributed by atoms with van der Waals surface area (Å²) >= 11 is 0. The van der Waals surface area contributed by atoms with Crippen molar-refractivity contribution in [3.63, 3.8) is 0 Å².